The Labute approximate surface area is 66.8 Å². The van der Waals surface area contributed by atoms with Gasteiger partial charge in [-0.2, -0.15) is 11.8 Å². The van der Waals surface area contributed by atoms with E-state index in [1.165, 1.54) is 11.5 Å². The molecule has 0 heterocycles. The Kier molecular flexibility index (Phi) is 9.46. The Morgan fingerprint density at radius 3 is 2.80 bits per heavy atom. The molecule has 0 bridgehead atoms. The van der Waals surface area contributed by atoms with Crippen molar-refractivity contribution < 1.29 is 4.39 Å². The van der Waals surface area contributed by atoms with Crippen molar-refractivity contribution in [2.24, 2.45) is 0 Å². The van der Waals surface area contributed by atoms with E-state index in [2.05, 4.69) is 12.2 Å². The molecule has 3 heteroatoms. The molecule has 0 saturated heterocycles. The molecule has 1 nitrogen and oxygen atoms in total. The SMILES string of the molecule is CCSCCCNCCF. The first kappa shape index (κ1) is 10.2. The lowest BCUT2D eigenvalue weighted by atomic mass is 10.5. The van der Waals surface area contributed by atoms with Gasteiger partial charge in [-0.3, -0.25) is 0 Å². The largest absolute Gasteiger partial charge is 0.314 e. The monoisotopic (exact) mass is 165 g/mol. The molecule has 0 atom stereocenters. The first-order chi connectivity index (χ1) is 4.91. The molecule has 0 aliphatic rings. The van der Waals surface area contributed by atoms with Crippen LogP contribution in [0.4, 0.5) is 4.39 Å². The molecule has 0 aromatic carbocycles. The summed E-state index contributed by atoms with van der Waals surface area (Å²) < 4.78 is 11.5. The second-order valence-corrected chi connectivity index (χ2v) is 3.38. The molecule has 0 fully saturated rings. The van der Waals surface area contributed by atoms with Gasteiger partial charge in [-0.15, -0.1) is 0 Å². The summed E-state index contributed by atoms with van der Waals surface area (Å²) in [4.78, 5) is 0. The van der Waals surface area contributed by atoms with Gasteiger partial charge in [0.05, 0.1) is 0 Å². The maximum atomic E-state index is 11.5. The number of alkyl halides is 1. The highest BCUT2D eigenvalue weighted by atomic mass is 32.2. The van der Waals surface area contributed by atoms with Gasteiger partial charge in [0.2, 0.25) is 0 Å². The van der Waals surface area contributed by atoms with Crippen molar-refractivity contribution >= 4 is 11.8 Å². The van der Waals surface area contributed by atoms with Crippen LogP contribution in [0.2, 0.25) is 0 Å². The first-order valence-corrected chi connectivity index (χ1v) is 4.91. The normalized spacial score (nSPS) is 10.2. The highest BCUT2D eigenvalue weighted by Crippen LogP contribution is 1.98. The third kappa shape index (κ3) is 8.24. The topological polar surface area (TPSA) is 12.0 Å². The Balaban J connectivity index is 2.65. The van der Waals surface area contributed by atoms with Gasteiger partial charge in [-0.1, -0.05) is 6.92 Å². The highest BCUT2D eigenvalue weighted by Gasteiger charge is 1.86. The van der Waals surface area contributed by atoms with Gasteiger partial charge in [-0.25, -0.2) is 4.39 Å². The van der Waals surface area contributed by atoms with Crippen molar-refractivity contribution in [1.82, 2.24) is 5.32 Å². The van der Waals surface area contributed by atoms with Crippen molar-refractivity contribution in [2.45, 2.75) is 13.3 Å². The molecule has 0 saturated carbocycles. The van der Waals surface area contributed by atoms with E-state index < -0.39 is 0 Å². The van der Waals surface area contributed by atoms with Crippen LogP contribution in [0.15, 0.2) is 0 Å². The molecule has 62 valence electrons. The minimum Gasteiger partial charge on any atom is -0.314 e. The fourth-order valence-corrected chi connectivity index (χ4v) is 1.27. The first-order valence-electron chi connectivity index (χ1n) is 3.76. The van der Waals surface area contributed by atoms with E-state index in [0.29, 0.717) is 6.54 Å². The van der Waals surface area contributed by atoms with E-state index in [4.69, 9.17) is 0 Å². The second-order valence-electron chi connectivity index (χ2n) is 1.99. The number of hydrogen-bond donors (Lipinski definition) is 1. The summed E-state index contributed by atoms with van der Waals surface area (Å²) in [5.41, 5.74) is 0. The summed E-state index contributed by atoms with van der Waals surface area (Å²) in [6.45, 7) is 3.37. The molecule has 0 aliphatic heterocycles. The summed E-state index contributed by atoms with van der Waals surface area (Å²) in [7, 11) is 0. The molecule has 0 unspecified atom stereocenters. The highest BCUT2D eigenvalue weighted by molar-refractivity contribution is 7.99. The summed E-state index contributed by atoms with van der Waals surface area (Å²) in [6.07, 6.45) is 1.15. The van der Waals surface area contributed by atoms with Crippen LogP contribution in [-0.2, 0) is 0 Å². The lowest BCUT2D eigenvalue weighted by Gasteiger charge is -1.99. The van der Waals surface area contributed by atoms with E-state index in [1.807, 2.05) is 11.8 Å². The van der Waals surface area contributed by atoms with Gasteiger partial charge in [0.25, 0.3) is 0 Å². The number of hydrogen-bond acceptors (Lipinski definition) is 2. The molecule has 0 aromatic heterocycles. The molecule has 0 radical (unpaired) electrons. The van der Waals surface area contributed by atoms with Gasteiger partial charge in [0, 0.05) is 6.54 Å². The Morgan fingerprint density at radius 1 is 1.40 bits per heavy atom. The molecular weight excluding hydrogens is 149 g/mol. The predicted molar refractivity (Wildman–Crippen MR) is 46.5 cm³/mol. The fourth-order valence-electron chi connectivity index (χ4n) is 0.635. The molecular formula is C7H16FNS. The molecule has 0 aromatic rings. The van der Waals surface area contributed by atoms with Gasteiger partial charge in [0.15, 0.2) is 0 Å². The Bertz CT molecular complexity index is 53.6. The fraction of sp³-hybridized carbons (Fsp3) is 1.00. The van der Waals surface area contributed by atoms with E-state index in [0.717, 1.165) is 13.0 Å². The van der Waals surface area contributed by atoms with Crippen molar-refractivity contribution in [1.29, 1.82) is 0 Å². The molecule has 0 rings (SSSR count). The van der Waals surface area contributed by atoms with E-state index in [-0.39, 0.29) is 6.67 Å². The summed E-state index contributed by atoms with van der Waals surface area (Å²) in [6, 6.07) is 0. The van der Waals surface area contributed by atoms with Crippen molar-refractivity contribution in [3.8, 4) is 0 Å². The smallest absolute Gasteiger partial charge is 0.102 e. The average Bonchev–Trinajstić information content (AvgIpc) is 1.97. The van der Waals surface area contributed by atoms with Crippen LogP contribution in [0.3, 0.4) is 0 Å². The molecule has 1 N–H and O–H groups in total. The predicted octanol–water partition coefficient (Wildman–Crippen LogP) is 1.69. The van der Waals surface area contributed by atoms with Crippen molar-refractivity contribution in [3.63, 3.8) is 0 Å². The summed E-state index contributed by atoms with van der Waals surface area (Å²) >= 11 is 1.93. The van der Waals surface area contributed by atoms with Gasteiger partial charge < -0.3 is 5.32 Å². The van der Waals surface area contributed by atoms with E-state index >= 15 is 0 Å². The Morgan fingerprint density at radius 2 is 2.20 bits per heavy atom. The van der Waals surface area contributed by atoms with Crippen LogP contribution >= 0.6 is 11.8 Å². The lowest BCUT2D eigenvalue weighted by molar-refractivity contribution is 0.467. The number of thioether (sulfide) groups is 1. The molecule has 10 heavy (non-hydrogen) atoms. The summed E-state index contributed by atoms with van der Waals surface area (Å²) in [5, 5.41) is 3.01. The minimum absolute atomic E-state index is 0.249. The third-order valence-electron chi connectivity index (χ3n) is 1.12. The van der Waals surface area contributed by atoms with Gasteiger partial charge in [0.1, 0.15) is 6.67 Å². The van der Waals surface area contributed by atoms with Crippen molar-refractivity contribution in [2.75, 3.05) is 31.3 Å². The number of halogens is 1. The standard InChI is InChI=1S/C7H16FNS/c1-2-10-7-3-5-9-6-4-8/h9H,2-7H2,1H3. The third-order valence-corrected chi connectivity index (χ3v) is 2.10. The van der Waals surface area contributed by atoms with Crippen LogP contribution < -0.4 is 5.32 Å². The number of nitrogens with one attached hydrogen (secondary N) is 1. The van der Waals surface area contributed by atoms with Crippen molar-refractivity contribution in [3.05, 3.63) is 0 Å². The number of rotatable bonds is 7. The molecule has 0 spiro atoms. The van der Waals surface area contributed by atoms with E-state index in [1.54, 1.807) is 0 Å². The van der Waals surface area contributed by atoms with Gasteiger partial charge >= 0.3 is 0 Å². The molecule has 0 aliphatic carbocycles. The van der Waals surface area contributed by atoms with Crippen LogP contribution in [0.1, 0.15) is 13.3 Å². The zero-order valence-electron chi connectivity index (χ0n) is 6.53. The average molecular weight is 165 g/mol. The zero-order valence-corrected chi connectivity index (χ0v) is 7.35. The molecule has 0 amide bonds. The van der Waals surface area contributed by atoms with Crippen LogP contribution in [0.5, 0.6) is 0 Å². The van der Waals surface area contributed by atoms with Crippen LogP contribution in [0, 0.1) is 0 Å². The summed E-state index contributed by atoms with van der Waals surface area (Å²) in [5.74, 6) is 2.37. The maximum absolute atomic E-state index is 11.5. The maximum Gasteiger partial charge on any atom is 0.102 e. The van der Waals surface area contributed by atoms with Gasteiger partial charge in [-0.05, 0) is 24.5 Å². The van der Waals surface area contributed by atoms with Crippen LogP contribution in [-0.4, -0.2) is 31.3 Å². The Hall–Kier alpha value is 0.240. The quantitative estimate of drug-likeness (QED) is 0.576. The van der Waals surface area contributed by atoms with E-state index in [9.17, 15) is 4.39 Å². The lowest BCUT2D eigenvalue weighted by Crippen LogP contribution is -2.18. The van der Waals surface area contributed by atoms with Crippen LogP contribution in [0.25, 0.3) is 0 Å². The zero-order chi connectivity index (χ0) is 7.66. The minimum atomic E-state index is -0.249. The second kappa shape index (κ2) is 9.24.